The van der Waals surface area contributed by atoms with Crippen LogP contribution in [0.2, 0.25) is 0 Å². The van der Waals surface area contributed by atoms with Gasteiger partial charge in [0.25, 0.3) is 0 Å². The second-order valence-corrected chi connectivity index (χ2v) is 10.3. The zero-order chi connectivity index (χ0) is 26.4. The number of hydrogen-bond donors (Lipinski definition) is 3. The molecule has 2 heterocycles. The summed E-state index contributed by atoms with van der Waals surface area (Å²) in [6.07, 6.45) is 15.4. The van der Waals surface area contributed by atoms with Crippen LogP contribution in [0.3, 0.4) is 0 Å². The van der Waals surface area contributed by atoms with Gasteiger partial charge < -0.3 is 20.9 Å². The van der Waals surface area contributed by atoms with Crippen LogP contribution >= 0.6 is 0 Å². The van der Waals surface area contributed by atoms with Gasteiger partial charge in [0.2, 0.25) is 11.8 Å². The number of aromatic nitrogens is 1. The Balaban J connectivity index is 1.28. The molecule has 37 heavy (non-hydrogen) atoms. The van der Waals surface area contributed by atoms with Crippen LogP contribution in [-0.4, -0.2) is 46.9 Å². The van der Waals surface area contributed by atoms with Crippen molar-refractivity contribution in [3.05, 3.63) is 64.1 Å². The van der Waals surface area contributed by atoms with Gasteiger partial charge in [-0.05, 0) is 98.8 Å². The van der Waals surface area contributed by atoms with E-state index in [-0.39, 0.29) is 35.6 Å². The Bertz CT molecular complexity index is 1220. The van der Waals surface area contributed by atoms with E-state index < -0.39 is 0 Å². The van der Waals surface area contributed by atoms with Crippen molar-refractivity contribution in [1.82, 2.24) is 15.2 Å². The number of carbonyl (C=O) groups excluding carboxylic acids is 2. The van der Waals surface area contributed by atoms with E-state index in [1.807, 2.05) is 0 Å². The second kappa shape index (κ2) is 12.4. The van der Waals surface area contributed by atoms with Crippen LogP contribution in [0.25, 0.3) is 18.2 Å². The first kappa shape index (κ1) is 26.9. The summed E-state index contributed by atoms with van der Waals surface area (Å²) in [6, 6.07) is 5.94. The average molecular weight is 507 g/mol. The molecule has 6 nitrogen and oxygen atoms in total. The van der Waals surface area contributed by atoms with E-state index in [0.717, 1.165) is 44.1 Å². The minimum atomic E-state index is -0.373. The van der Waals surface area contributed by atoms with Gasteiger partial charge in [0.15, 0.2) is 0 Å². The molecule has 1 aliphatic heterocycles. The number of nitrogens with two attached hydrogens (primary N) is 1. The molecule has 198 valence electrons. The van der Waals surface area contributed by atoms with E-state index in [4.69, 9.17) is 5.73 Å². The molecule has 0 bridgehead atoms. The molecule has 1 aromatic heterocycles. The Labute approximate surface area is 218 Å². The van der Waals surface area contributed by atoms with Crippen LogP contribution in [0.15, 0.2) is 36.5 Å². The number of hydrogen-bond acceptors (Lipinski definition) is 3. The van der Waals surface area contributed by atoms with Gasteiger partial charge in [0.05, 0.1) is 6.04 Å². The summed E-state index contributed by atoms with van der Waals surface area (Å²) < 4.78 is 13.1. The van der Waals surface area contributed by atoms with Gasteiger partial charge in [-0.1, -0.05) is 24.3 Å². The van der Waals surface area contributed by atoms with Crippen molar-refractivity contribution in [2.45, 2.75) is 70.4 Å². The number of halogens is 1. The summed E-state index contributed by atoms with van der Waals surface area (Å²) in [5.74, 6) is -0.0281. The molecule has 2 fully saturated rings. The molecule has 1 aliphatic carbocycles. The maximum absolute atomic E-state index is 13.1. The van der Waals surface area contributed by atoms with Gasteiger partial charge in [0, 0.05) is 36.8 Å². The third-order valence-electron chi connectivity index (χ3n) is 8.06. The zero-order valence-electron chi connectivity index (χ0n) is 21.9. The molecule has 1 aromatic carbocycles. The monoisotopic (exact) mass is 506 g/mol. The van der Waals surface area contributed by atoms with Gasteiger partial charge in [-0.3, -0.25) is 9.59 Å². The minimum absolute atomic E-state index is 0.0676. The number of aromatic amines is 1. The van der Waals surface area contributed by atoms with Crippen molar-refractivity contribution in [3.63, 3.8) is 0 Å². The Morgan fingerprint density at radius 3 is 2.32 bits per heavy atom. The number of nitrogens with zero attached hydrogens (tertiary/aromatic N) is 1. The lowest BCUT2D eigenvalue weighted by atomic mass is 9.81. The van der Waals surface area contributed by atoms with Crippen LogP contribution < -0.4 is 21.6 Å². The molecule has 2 aliphatic rings. The molecular weight excluding hydrogens is 467 g/mol. The number of piperidine rings is 1. The van der Waals surface area contributed by atoms with Gasteiger partial charge in [-0.2, -0.15) is 0 Å². The number of H-pyrrole nitrogens is 1. The molecule has 0 radical (unpaired) electrons. The summed E-state index contributed by atoms with van der Waals surface area (Å²) in [5.41, 5.74) is 8.02. The van der Waals surface area contributed by atoms with Gasteiger partial charge in [-0.25, -0.2) is 4.39 Å². The molecule has 2 amide bonds. The molecule has 1 saturated carbocycles. The maximum Gasteiger partial charge on any atom is 0.246 e. The minimum Gasteiger partial charge on any atom is -0.368 e. The number of nitrogens with one attached hydrogen (secondary N) is 2. The molecule has 7 heteroatoms. The van der Waals surface area contributed by atoms with Crippen LogP contribution in [-0.2, 0) is 9.59 Å². The lowest BCUT2D eigenvalue weighted by molar-refractivity contribution is -0.128. The molecule has 1 unspecified atom stereocenters. The highest BCUT2D eigenvalue weighted by Gasteiger charge is 2.34. The quantitative estimate of drug-likeness (QED) is 0.504. The number of benzene rings is 1. The highest BCUT2D eigenvalue weighted by Crippen LogP contribution is 2.32. The Morgan fingerprint density at radius 2 is 1.73 bits per heavy atom. The topological polar surface area (TPSA) is 91.2 Å². The molecular formula is C30H39FN4O2. The van der Waals surface area contributed by atoms with Crippen LogP contribution in [0.4, 0.5) is 4.39 Å². The standard InChI is InChI=1S/C30H39FN4O2/c1-3-25-26(19-33-27(25)4-2)21-8-12-24(13-9-21)34-29(30(32)37)22-15-17-35(18-16-22)28(36)14-7-20-5-10-23(31)11-6-20/h3-7,10-11,14,19,21-22,24,29,33-34H,8-9,12-13,15-18H2,1-2H3,(H2,32,37)/b14-7+,25-3-,27-4+. The third-order valence-corrected chi connectivity index (χ3v) is 8.06. The lowest BCUT2D eigenvalue weighted by Crippen LogP contribution is -2.54. The van der Waals surface area contributed by atoms with Crippen LogP contribution in [0, 0.1) is 11.7 Å². The smallest absolute Gasteiger partial charge is 0.246 e. The molecule has 1 saturated heterocycles. The normalized spacial score (nSPS) is 23.1. The van der Waals surface area contributed by atoms with E-state index in [2.05, 4.69) is 42.5 Å². The van der Waals surface area contributed by atoms with E-state index >= 15 is 0 Å². The fraction of sp³-hybridized carbons (Fsp3) is 0.467. The number of primary amides is 1. The van der Waals surface area contributed by atoms with Crippen molar-refractivity contribution in [2.24, 2.45) is 11.7 Å². The van der Waals surface area contributed by atoms with E-state index in [0.29, 0.717) is 19.0 Å². The molecule has 0 spiro atoms. The maximum atomic E-state index is 13.1. The third kappa shape index (κ3) is 6.58. The van der Waals surface area contributed by atoms with Crippen LogP contribution in [0.1, 0.15) is 69.4 Å². The van der Waals surface area contributed by atoms with E-state index in [1.165, 1.54) is 34.3 Å². The highest BCUT2D eigenvalue weighted by molar-refractivity contribution is 5.91. The van der Waals surface area contributed by atoms with Crippen LogP contribution in [0.5, 0.6) is 0 Å². The van der Waals surface area contributed by atoms with Crippen molar-refractivity contribution >= 4 is 30.0 Å². The SMILES string of the molecule is C/C=c1/c(C2CCC(NC(C(N)=O)C3CCN(C(=O)/C=C/c4ccc(F)cc4)CC3)CC2)c[nH]/c1=C/C. The predicted molar refractivity (Wildman–Crippen MR) is 146 cm³/mol. The lowest BCUT2D eigenvalue weighted by Gasteiger charge is -2.38. The second-order valence-electron chi connectivity index (χ2n) is 10.3. The fourth-order valence-electron chi connectivity index (χ4n) is 5.94. The molecule has 2 aromatic rings. The number of likely N-dealkylation sites (tertiary alicyclic amines) is 1. The highest BCUT2D eigenvalue weighted by atomic mass is 19.1. The zero-order valence-corrected chi connectivity index (χ0v) is 21.9. The Kier molecular flexibility index (Phi) is 8.98. The van der Waals surface area contributed by atoms with Crippen molar-refractivity contribution < 1.29 is 14.0 Å². The fourth-order valence-corrected chi connectivity index (χ4v) is 5.94. The van der Waals surface area contributed by atoms with Crippen molar-refractivity contribution in [3.8, 4) is 0 Å². The first-order valence-corrected chi connectivity index (χ1v) is 13.5. The Hall–Kier alpha value is -3.19. The number of amides is 2. The van der Waals surface area contributed by atoms with Gasteiger partial charge >= 0.3 is 0 Å². The summed E-state index contributed by atoms with van der Waals surface area (Å²) in [7, 11) is 0. The summed E-state index contributed by atoms with van der Waals surface area (Å²) in [4.78, 5) is 30.2. The van der Waals surface area contributed by atoms with Crippen molar-refractivity contribution in [2.75, 3.05) is 13.1 Å². The number of carbonyl (C=O) groups is 2. The largest absolute Gasteiger partial charge is 0.368 e. The molecule has 4 rings (SSSR count). The number of rotatable bonds is 7. The summed E-state index contributed by atoms with van der Waals surface area (Å²) in [6.45, 7) is 5.33. The van der Waals surface area contributed by atoms with Crippen molar-refractivity contribution in [1.29, 1.82) is 0 Å². The Morgan fingerprint density at radius 1 is 1.05 bits per heavy atom. The first-order chi connectivity index (χ1) is 17.9. The summed E-state index contributed by atoms with van der Waals surface area (Å²) >= 11 is 0. The summed E-state index contributed by atoms with van der Waals surface area (Å²) in [5, 5.41) is 6.08. The van der Waals surface area contributed by atoms with Gasteiger partial charge in [-0.15, -0.1) is 0 Å². The molecule has 1 atom stereocenters. The average Bonchev–Trinajstić information content (AvgIpc) is 3.35. The van der Waals surface area contributed by atoms with E-state index in [9.17, 15) is 14.0 Å². The van der Waals surface area contributed by atoms with E-state index in [1.54, 1.807) is 23.1 Å². The predicted octanol–water partition coefficient (Wildman–Crippen LogP) is 3.18. The molecule has 4 N–H and O–H groups in total. The first-order valence-electron chi connectivity index (χ1n) is 13.5. The van der Waals surface area contributed by atoms with Gasteiger partial charge in [0.1, 0.15) is 5.82 Å².